The maximum Gasteiger partial charge on any atom is 0.232 e. The molecule has 7 heteroatoms. The van der Waals surface area contributed by atoms with Crippen LogP contribution in [0.5, 0.6) is 0 Å². The van der Waals surface area contributed by atoms with Gasteiger partial charge >= 0.3 is 0 Å². The Balaban J connectivity index is 1.65. The number of Topliss-reactive ketones (excluding diaryl/α,β-unsaturated/α-hetero) is 2. The lowest BCUT2D eigenvalue weighted by atomic mass is 9.65. The molecule has 134 valence electrons. The summed E-state index contributed by atoms with van der Waals surface area (Å²) in [5.41, 5.74) is 1.73. The highest BCUT2D eigenvalue weighted by Crippen LogP contribution is 2.54. The average Bonchev–Trinajstić information content (AvgIpc) is 2.91. The zero-order valence-corrected chi connectivity index (χ0v) is 15.5. The van der Waals surface area contributed by atoms with Crippen molar-refractivity contribution in [3.8, 4) is 0 Å². The molecular weight excluding hydrogens is 374 g/mol. The van der Waals surface area contributed by atoms with Crippen molar-refractivity contribution in [2.75, 3.05) is 10.6 Å². The summed E-state index contributed by atoms with van der Waals surface area (Å²) in [5, 5.41) is 0.524. The van der Waals surface area contributed by atoms with Crippen molar-refractivity contribution in [2.45, 2.75) is 18.4 Å². The van der Waals surface area contributed by atoms with E-state index in [2.05, 4.69) is 0 Å². The molecule has 1 saturated carbocycles. The van der Waals surface area contributed by atoms with Gasteiger partial charge in [-0.05, 0) is 35.9 Å². The monoisotopic (exact) mass is 389 g/mol. The quantitative estimate of drug-likeness (QED) is 0.753. The van der Waals surface area contributed by atoms with Crippen LogP contribution in [0.1, 0.15) is 28.3 Å². The smallest absolute Gasteiger partial charge is 0.232 e. The largest absolute Gasteiger partial charge is 0.299 e. The molecular formula is C19H16ClNO4S. The van der Waals surface area contributed by atoms with E-state index in [0.717, 1.165) is 11.8 Å². The molecule has 2 aromatic rings. The molecule has 5 nitrogen and oxygen atoms in total. The highest BCUT2D eigenvalue weighted by Gasteiger charge is 2.60. The van der Waals surface area contributed by atoms with Crippen LogP contribution in [-0.4, -0.2) is 32.3 Å². The summed E-state index contributed by atoms with van der Waals surface area (Å²) < 4.78 is 26.0. The zero-order valence-electron chi connectivity index (χ0n) is 13.9. The summed E-state index contributed by atoms with van der Waals surface area (Å²) >= 11 is 5.84. The molecule has 3 atom stereocenters. The summed E-state index contributed by atoms with van der Waals surface area (Å²) in [4.78, 5) is 25.3. The first-order valence-corrected chi connectivity index (χ1v) is 10.4. The fourth-order valence-electron chi connectivity index (χ4n) is 4.00. The number of halogens is 1. The van der Waals surface area contributed by atoms with Gasteiger partial charge in [0.25, 0.3) is 0 Å². The van der Waals surface area contributed by atoms with Gasteiger partial charge in [-0.15, -0.1) is 0 Å². The van der Waals surface area contributed by atoms with Crippen LogP contribution in [0.25, 0.3) is 0 Å². The molecule has 2 aliphatic rings. The van der Waals surface area contributed by atoms with E-state index in [1.54, 1.807) is 48.5 Å². The highest BCUT2D eigenvalue weighted by molar-refractivity contribution is 7.92. The summed E-state index contributed by atoms with van der Waals surface area (Å²) in [6.45, 7) is 0. The van der Waals surface area contributed by atoms with Crippen molar-refractivity contribution in [1.29, 1.82) is 0 Å². The molecule has 2 aromatic carbocycles. The molecule has 4 rings (SSSR count). The molecule has 0 aromatic heterocycles. The second kappa shape index (κ2) is 5.93. The fraction of sp³-hybridized carbons (Fsp3) is 0.263. The summed E-state index contributed by atoms with van der Waals surface area (Å²) in [6, 6.07) is 13.0. The second-order valence-electron chi connectivity index (χ2n) is 6.73. The SMILES string of the molecule is CS(=O)(=O)N1c2ccccc2[C@H]2C(=O)[C@H](CC(=O)c3ccc(Cl)cc3)[C@H]21. The van der Waals surface area contributed by atoms with E-state index in [-0.39, 0.29) is 18.0 Å². The van der Waals surface area contributed by atoms with Gasteiger partial charge in [0.05, 0.1) is 23.9 Å². The number of nitrogens with zero attached hydrogens (tertiary/aromatic N) is 1. The summed E-state index contributed by atoms with van der Waals surface area (Å²) in [6.07, 6.45) is 1.12. The number of hydrogen-bond acceptors (Lipinski definition) is 4. The van der Waals surface area contributed by atoms with Crippen LogP contribution in [0.4, 0.5) is 5.69 Å². The van der Waals surface area contributed by atoms with Gasteiger partial charge in [-0.3, -0.25) is 13.9 Å². The molecule has 1 aliphatic carbocycles. The molecule has 0 amide bonds. The number of rotatable bonds is 4. The number of para-hydroxylation sites is 1. The van der Waals surface area contributed by atoms with Crippen LogP contribution < -0.4 is 4.31 Å². The van der Waals surface area contributed by atoms with Crippen molar-refractivity contribution in [3.05, 3.63) is 64.7 Å². The van der Waals surface area contributed by atoms with E-state index in [1.165, 1.54) is 4.31 Å². The standard InChI is InChI=1S/C19H16ClNO4S/c1-26(24,25)21-15-5-3-2-4-13(15)17-18(21)14(19(17)23)10-16(22)11-6-8-12(20)9-7-11/h2-9,14,17-18H,10H2,1H3/t14-,17-,18-/m1/s1. The lowest BCUT2D eigenvalue weighted by molar-refractivity contribution is -0.132. The Labute approximate surface area is 156 Å². The maximum absolute atomic E-state index is 12.7. The maximum atomic E-state index is 12.7. The summed E-state index contributed by atoms with van der Waals surface area (Å²) in [7, 11) is -3.56. The molecule has 26 heavy (non-hydrogen) atoms. The van der Waals surface area contributed by atoms with Gasteiger partial charge in [-0.25, -0.2) is 8.42 Å². The minimum atomic E-state index is -3.56. The molecule has 1 aliphatic heterocycles. The molecule has 0 saturated heterocycles. The minimum Gasteiger partial charge on any atom is -0.299 e. The van der Waals surface area contributed by atoms with Crippen LogP contribution in [0, 0.1) is 5.92 Å². The average molecular weight is 390 g/mol. The van der Waals surface area contributed by atoms with Crippen molar-refractivity contribution < 1.29 is 18.0 Å². The Morgan fingerprint density at radius 1 is 1.12 bits per heavy atom. The van der Waals surface area contributed by atoms with Gasteiger partial charge in [0.15, 0.2) is 5.78 Å². The topological polar surface area (TPSA) is 71.5 Å². The van der Waals surface area contributed by atoms with Gasteiger partial charge < -0.3 is 0 Å². The van der Waals surface area contributed by atoms with E-state index >= 15 is 0 Å². The van der Waals surface area contributed by atoms with Crippen LogP contribution >= 0.6 is 11.6 Å². The minimum absolute atomic E-state index is 0.0123. The van der Waals surface area contributed by atoms with E-state index < -0.39 is 27.9 Å². The van der Waals surface area contributed by atoms with Gasteiger partial charge in [0, 0.05) is 22.9 Å². The number of anilines is 1. The normalized spacial score (nSPS) is 24.0. The van der Waals surface area contributed by atoms with E-state index in [1.807, 2.05) is 0 Å². The Morgan fingerprint density at radius 3 is 2.42 bits per heavy atom. The lowest BCUT2D eigenvalue weighted by Crippen LogP contribution is -2.57. The number of ketones is 2. The third-order valence-electron chi connectivity index (χ3n) is 5.13. The molecule has 0 unspecified atom stereocenters. The Morgan fingerprint density at radius 2 is 1.77 bits per heavy atom. The number of fused-ring (bicyclic) bond motifs is 3. The first-order valence-electron chi connectivity index (χ1n) is 8.20. The third-order valence-corrected chi connectivity index (χ3v) is 6.54. The molecule has 0 bridgehead atoms. The summed E-state index contributed by atoms with van der Waals surface area (Å²) in [5.74, 6) is -1.38. The zero-order chi connectivity index (χ0) is 18.6. The van der Waals surface area contributed by atoms with Crippen LogP contribution in [0.3, 0.4) is 0 Å². The Kier molecular flexibility index (Phi) is 3.93. The predicted molar refractivity (Wildman–Crippen MR) is 99.2 cm³/mol. The first-order chi connectivity index (χ1) is 12.3. The lowest BCUT2D eigenvalue weighted by Gasteiger charge is -2.42. The van der Waals surface area contributed by atoms with Gasteiger partial charge in [0.2, 0.25) is 10.0 Å². The number of carbonyl (C=O) groups is 2. The molecule has 0 radical (unpaired) electrons. The Bertz CT molecular complexity index is 1020. The first kappa shape index (κ1) is 17.2. The number of benzene rings is 2. The third kappa shape index (κ3) is 2.56. The highest BCUT2D eigenvalue weighted by atomic mass is 35.5. The predicted octanol–water partition coefficient (Wildman–Crippen LogP) is 3.04. The van der Waals surface area contributed by atoms with Crippen molar-refractivity contribution in [3.63, 3.8) is 0 Å². The molecule has 0 N–H and O–H groups in total. The second-order valence-corrected chi connectivity index (χ2v) is 9.02. The van der Waals surface area contributed by atoms with E-state index in [0.29, 0.717) is 16.3 Å². The van der Waals surface area contributed by atoms with E-state index in [4.69, 9.17) is 11.6 Å². The molecule has 0 spiro atoms. The van der Waals surface area contributed by atoms with Crippen molar-refractivity contribution >= 4 is 38.9 Å². The van der Waals surface area contributed by atoms with Gasteiger partial charge in [-0.2, -0.15) is 0 Å². The fourth-order valence-corrected chi connectivity index (χ4v) is 5.36. The molecule has 1 fully saturated rings. The molecule has 1 heterocycles. The van der Waals surface area contributed by atoms with Crippen LogP contribution in [0.15, 0.2) is 48.5 Å². The van der Waals surface area contributed by atoms with Crippen LogP contribution in [0.2, 0.25) is 5.02 Å². The number of carbonyl (C=O) groups excluding carboxylic acids is 2. The Hall–Kier alpha value is -2.18. The van der Waals surface area contributed by atoms with Gasteiger partial charge in [0.1, 0.15) is 5.78 Å². The van der Waals surface area contributed by atoms with Crippen molar-refractivity contribution in [2.24, 2.45) is 5.92 Å². The number of hydrogen-bond donors (Lipinski definition) is 0. The van der Waals surface area contributed by atoms with Crippen LogP contribution in [-0.2, 0) is 14.8 Å². The van der Waals surface area contributed by atoms with Gasteiger partial charge in [-0.1, -0.05) is 29.8 Å². The van der Waals surface area contributed by atoms with E-state index in [9.17, 15) is 18.0 Å². The number of sulfonamides is 1. The van der Waals surface area contributed by atoms with Crippen molar-refractivity contribution in [1.82, 2.24) is 0 Å².